The van der Waals surface area contributed by atoms with Crippen molar-refractivity contribution in [3.05, 3.63) is 18.5 Å². The van der Waals surface area contributed by atoms with Crippen molar-refractivity contribution < 1.29 is 4.79 Å². The Kier molecular flexibility index (Phi) is 5.36. The lowest BCUT2D eigenvalue weighted by Crippen LogP contribution is -2.51. The average molecular weight is 312 g/mol. The van der Waals surface area contributed by atoms with E-state index in [2.05, 4.69) is 26.7 Å². The zero-order valence-electron chi connectivity index (χ0n) is 12.3. The van der Waals surface area contributed by atoms with Crippen LogP contribution in [0, 0.1) is 0 Å². The van der Waals surface area contributed by atoms with Crippen molar-refractivity contribution in [3.8, 4) is 0 Å². The van der Waals surface area contributed by atoms with Crippen LogP contribution in [0.3, 0.4) is 0 Å². The maximum Gasteiger partial charge on any atom is 0.225 e. The Bertz CT molecular complexity index is 464. The Morgan fingerprint density at radius 1 is 1.19 bits per heavy atom. The van der Waals surface area contributed by atoms with Crippen molar-refractivity contribution in [1.29, 1.82) is 0 Å². The molecule has 0 aromatic carbocycles. The van der Waals surface area contributed by atoms with Gasteiger partial charge in [-0.3, -0.25) is 9.69 Å². The van der Waals surface area contributed by atoms with Gasteiger partial charge in [-0.25, -0.2) is 9.97 Å². The molecule has 7 heteroatoms. The summed E-state index contributed by atoms with van der Waals surface area (Å²) in [7, 11) is 0. The minimum absolute atomic E-state index is 0. The number of anilines is 1. The van der Waals surface area contributed by atoms with Crippen LogP contribution in [0.2, 0.25) is 0 Å². The molecule has 0 radical (unpaired) electrons. The van der Waals surface area contributed by atoms with E-state index >= 15 is 0 Å². The highest BCUT2D eigenvalue weighted by Crippen LogP contribution is 2.19. The first-order chi connectivity index (χ1) is 9.74. The fraction of sp³-hybridized carbons (Fsp3) is 0.643. The van der Waals surface area contributed by atoms with E-state index in [0.29, 0.717) is 18.4 Å². The summed E-state index contributed by atoms with van der Waals surface area (Å²) < 4.78 is 0. The van der Waals surface area contributed by atoms with Gasteiger partial charge in [0.15, 0.2) is 0 Å². The molecule has 0 N–H and O–H groups in total. The smallest absolute Gasteiger partial charge is 0.225 e. The molecular weight excluding hydrogens is 290 g/mol. The molecule has 3 rings (SSSR count). The van der Waals surface area contributed by atoms with E-state index in [1.165, 1.54) is 0 Å². The fourth-order valence-electron chi connectivity index (χ4n) is 2.86. The van der Waals surface area contributed by atoms with Crippen LogP contribution in [-0.2, 0) is 4.79 Å². The molecule has 0 saturated carbocycles. The van der Waals surface area contributed by atoms with Gasteiger partial charge in [0.25, 0.3) is 0 Å². The first-order valence-electron chi connectivity index (χ1n) is 7.28. The Hall–Kier alpha value is -1.40. The zero-order valence-corrected chi connectivity index (χ0v) is 13.1. The average Bonchev–Trinajstić information content (AvgIpc) is 2.81. The van der Waals surface area contributed by atoms with Crippen LogP contribution in [0.5, 0.6) is 0 Å². The van der Waals surface area contributed by atoms with E-state index in [9.17, 15) is 4.79 Å². The topological polar surface area (TPSA) is 52.6 Å². The first kappa shape index (κ1) is 16.0. The lowest BCUT2D eigenvalue weighted by atomic mass is 10.2. The molecule has 1 atom stereocenters. The van der Waals surface area contributed by atoms with Gasteiger partial charge in [-0.2, -0.15) is 0 Å². The zero-order chi connectivity index (χ0) is 13.9. The highest BCUT2D eigenvalue weighted by atomic mass is 35.5. The number of amides is 1. The maximum absolute atomic E-state index is 11.8. The van der Waals surface area contributed by atoms with E-state index in [-0.39, 0.29) is 12.4 Å². The quantitative estimate of drug-likeness (QED) is 0.833. The SMILES string of the molecule is CC1CCC(=O)N1CN1CCN(c2ncccn2)CC1.Cl. The van der Waals surface area contributed by atoms with Crippen LogP contribution in [-0.4, -0.2) is 64.6 Å². The second kappa shape index (κ2) is 7.04. The Balaban J connectivity index is 0.00000161. The summed E-state index contributed by atoms with van der Waals surface area (Å²) >= 11 is 0. The first-order valence-corrected chi connectivity index (χ1v) is 7.28. The Morgan fingerprint density at radius 3 is 2.43 bits per heavy atom. The van der Waals surface area contributed by atoms with Crippen molar-refractivity contribution in [2.45, 2.75) is 25.8 Å². The number of likely N-dealkylation sites (tertiary alicyclic amines) is 1. The molecule has 2 aliphatic rings. The summed E-state index contributed by atoms with van der Waals surface area (Å²) in [4.78, 5) is 26.9. The summed E-state index contributed by atoms with van der Waals surface area (Å²) in [5.74, 6) is 1.10. The molecular formula is C14H22ClN5O. The van der Waals surface area contributed by atoms with Crippen molar-refractivity contribution in [1.82, 2.24) is 19.8 Å². The molecule has 2 fully saturated rings. The van der Waals surface area contributed by atoms with E-state index in [1.807, 2.05) is 11.0 Å². The number of halogens is 1. The van der Waals surface area contributed by atoms with Crippen LogP contribution < -0.4 is 4.90 Å². The summed E-state index contributed by atoms with van der Waals surface area (Å²) in [6.45, 7) is 6.65. The van der Waals surface area contributed by atoms with Gasteiger partial charge in [0.1, 0.15) is 0 Å². The third kappa shape index (κ3) is 3.63. The predicted molar refractivity (Wildman–Crippen MR) is 83.5 cm³/mol. The second-order valence-corrected chi connectivity index (χ2v) is 5.55. The van der Waals surface area contributed by atoms with Gasteiger partial charge >= 0.3 is 0 Å². The van der Waals surface area contributed by atoms with E-state index in [0.717, 1.165) is 45.2 Å². The summed E-state index contributed by atoms with van der Waals surface area (Å²) in [6, 6.07) is 2.22. The van der Waals surface area contributed by atoms with Crippen LogP contribution in [0.25, 0.3) is 0 Å². The Labute approximate surface area is 131 Å². The maximum atomic E-state index is 11.8. The van der Waals surface area contributed by atoms with Crippen LogP contribution in [0.4, 0.5) is 5.95 Å². The highest BCUT2D eigenvalue weighted by Gasteiger charge is 2.30. The van der Waals surface area contributed by atoms with Crippen LogP contribution in [0.1, 0.15) is 19.8 Å². The molecule has 1 aromatic rings. The standard InChI is InChI=1S/C14H21N5O.ClH/c1-12-3-4-13(20)19(12)11-17-7-9-18(10-8-17)14-15-5-2-6-16-14;/h2,5-6,12H,3-4,7-11H2,1H3;1H. The van der Waals surface area contributed by atoms with Crippen molar-refractivity contribution in [2.24, 2.45) is 0 Å². The molecule has 0 bridgehead atoms. The van der Waals surface area contributed by atoms with Gasteiger partial charge in [0, 0.05) is 51.0 Å². The molecule has 2 aliphatic heterocycles. The Morgan fingerprint density at radius 2 is 1.86 bits per heavy atom. The molecule has 0 aliphatic carbocycles. The molecule has 3 heterocycles. The van der Waals surface area contributed by atoms with Gasteiger partial charge in [-0.05, 0) is 19.4 Å². The van der Waals surface area contributed by atoms with Crippen LogP contribution >= 0.6 is 12.4 Å². The minimum atomic E-state index is 0. The van der Waals surface area contributed by atoms with Crippen molar-refractivity contribution >= 4 is 24.3 Å². The lowest BCUT2D eigenvalue weighted by molar-refractivity contribution is -0.130. The van der Waals surface area contributed by atoms with Gasteiger partial charge in [0.2, 0.25) is 11.9 Å². The largest absolute Gasteiger partial charge is 0.338 e. The molecule has 1 aromatic heterocycles. The van der Waals surface area contributed by atoms with Crippen molar-refractivity contribution in [3.63, 3.8) is 0 Å². The van der Waals surface area contributed by atoms with E-state index in [4.69, 9.17) is 0 Å². The number of nitrogens with zero attached hydrogens (tertiary/aromatic N) is 5. The summed E-state index contributed by atoms with van der Waals surface area (Å²) in [5, 5.41) is 0. The summed E-state index contributed by atoms with van der Waals surface area (Å²) in [5.41, 5.74) is 0. The van der Waals surface area contributed by atoms with Gasteiger partial charge in [0.05, 0.1) is 6.67 Å². The molecule has 6 nitrogen and oxygen atoms in total. The molecule has 1 amide bonds. The summed E-state index contributed by atoms with van der Waals surface area (Å²) in [6.07, 6.45) is 5.26. The second-order valence-electron chi connectivity index (χ2n) is 5.55. The molecule has 21 heavy (non-hydrogen) atoms. The van der Waals surface area contributed by atoms with E-state index in [1.54, 1.807) is 12.4 Å². The highest BCUT2D eigenvalue weighted by molar-refractivity contribution is 5.85. The number of carbonyl (C=O) groups excluding carboxylic acids is 1. The normalized spacial score (nSPS) is 23.3. The van der Waals surface area contributed by atoms with Gasteiger partial charge in [-0.1, -0.05) is 0 Å². The van der Waals surface area contributed by atoms with Gasteiger partial charge in [-0.15, -0.1) is 12.4 Å². The predicted octanol–water partition coefficient (Wildman–Crippen LogP) is 0.989. The van der Waals surface area contributed by atoms with E-state index < -0.39 is 0 Å². The molecule has 116 valence electrons. The number of piperazine rings is 1. The lowest BCUT2D eigenvalue weighted by Gasteiger charge is -2.37. The number of aromatic nitrogens is 2. The number of hydrogen-bond donors (Lipinski definition) is 0. The molecule has 1 unspecified atom stereocenters. The third-order valence-electron chi connectivity index (χ3n) is 4.19. The van der Waals surface area contributed by atoms with Crippen molar-refractivity contribution in [2.75, 3.05) is 37.7 Å². The fourth-order valence-corrected chi connectivity index (χ4v) is 2.86. The number of hydrogen-bond acceptors (Lipinski definition) is 5. The van der Waals surface area contributed by atoms with Crippen LogP contribution in [0.15, 0.2) is 18.5 Å². The third-order valence-corrected chi connectivity index (χ3v) is 4.19. The monoisotopic (exact) mass is 311 g/mol. The van der Waals surface area contributed by atoms with Gasteiger partial charge < -0.3 is 9.80 Å². The molecule has 0 spiro atoms. The minimum Gasteiger partial charge on any atom is -0.338 e. The molecule has 2 saturated heterocycles. The number of rotatable bonds is 3. The number of carbonyl (C=O) groups is 1.